The van der Waals surface area contributed by atoms with Gasteiger partial charge in [-0.15, -0.1) is 0 Å². The number of hydrogen-bond acceptors (Lipinski definition) is 3. The quantitative estimate of drug-likeness (QED) is 0.842. The van der Waals surface area contributed by atoms with Crippen molar-refractivity contribution in [3.8, 4) is 0 Å². The Morgan fingerprint density at radius 3 is 2.41 bits per heavy atom. The van der Waals surface area contributed by atoms with Crippen molar-refractivity contribution < 1.29 is 26.4 Å². The van der Waals surface area contributed by atoms with Crippen LogP contribution in [0.5, 0.6) is 0 Å². The molecule has 0 bridgehead atoms. The molecule has 0 aromatic heterocycles. The van der Waals surface area contributed by atoms with E-state index in [1.54, 1.807) is 17.4 Å². The monoisotopic (exact) mass is 400 g/mol. The maximum absolute atomic E-state index is 12.3. The van der Waals surface area contributed by atoms with E-state index in [2.05, 4.69) is 15.9 Å². The number of nitrogens with zero attached hydrogens (tertiary/aromatic N) is 1. The van der Waals surface area contributed by atoms with Gasteiger partial charge in [-0.3, -0.25) is 4.79 Å². The summed E-state index contributed by atoms with van der Waals surface area (Å²) in [4.78, 5) is 10.9. The molecular formula is C12H12BrF3N2O3S. The van der Waals surface area contributed by atoms with E-state index in [9.17, 15) is 26.4 Å². The Labute approximate surface area is 133 Å². The van der Waals surface area contributed by atoms with Crippen molar-refractivity contribution >= 4 is 31.9 Å². The molecule has 1 amide bonds. The molecule has 1 aliphatic heterocycles. The molecule has 10 heteroatoms. The van der Waals surface area contributed by atoms with Crippen LogP contribution >= 0.6 is 15.9 Å². The molecule has 1 aliphatic rings. The second-order valence-electron chi connectivity index (χ2n) is 4.77. The summed E-state index contributed by atoms with van der Waals surface area (Å²) < 4.78 is 63.0. The van der Waals surface area contributed by atoms with Gasteiger partial charge in [0.1, 0.15) is 0 Å². The summed E-state index contributed by atoms with van der Waals surface area (Å²) in [5.41, 5.74) is 0. The summed E-state index contributed by atoms with van der Waals surface area (Å²) in [6.07, 6.45) is -4.84. The predicted octanol–water partition coefficient (Wildman–Crippen LogP) is 1.89. The van der Waals surface area contributed by atoms with Gasteiger partial charge in [0.2, 0.25) is 10.0 Å². The van der Waals surface area contributed by atoms with Crippen LogP contribution in [0, 0.1) is 0 Å². The van der Waals surface area contributed by atoms with Crippen LogP contribution < -0.4 is 5.32 Å². The molecule has 0 aliphatic carbocycles. The molecule has 1 atom stereocenters. The third-order valence-electron chi connectivity index (χ3n) is 3.20. The van der Waals surface area contributed by atoms with Crippen molar-refractivity contribution in [3.05, 3.63) is 28.7 Å². The Balaban J connectivity index is 2.06. The predicted molar refractivity (Wildman–Crippen MR) is 75.5 cm³/mol. The molecule has 0 radical (unpaired) electrons. The van der Waals surface area contributed by atoms with Crippen LogP contribution in [0.1, 0.15) is 6.42 Å². The normalized spacial score (nSPS) is 20.1. The third-order valence-corrected chi connectivity index (χ3v) is 5.60. The van der Waals surface area contributed by atoms with E-state index in [1.165, 1.54) is 12.1 Å². The lowest BCUT2D eigenvalue weighted by molar-refractivity contribution is -0.174. The van der Waals surface area contributed by atoms with E-state index in [0.29, 0.717) is 4.47 Å². The van der Waals surface area contributed by atoms with Crippen LogP contribution in [0.3, 0.4) is 0 Å². The van der Waals surface area contributed by atoms with Crippen LogP contribution in [-0.4, -0.2) is 43.9 Å². The summed E-state index contributed by atoms with van der Waals surface area (Å²) in [5.74, 6) is -2.06. The maximum Gasteiger partial charge on any atom is 0.471 e. The van der Waals surface area contributed by atoms with Gasteiger partial charge in [-0.05, 0) is 30.7 Å². The minimum Gasteiger partial charge on any atom is -0.344 e. The highest BCUT2D eigenvalue weighted by molar-refractivity contribution is 9.10. The molecule has 1 N–H and O–H groups in total. The van der Waals surface area contributed by atoms with E-state index in [1.807, 2.05) is 0 Å². The van der Waals surface area contributed by atoms with Gasteiger partial charge >= 0.3 is 12.1 Å². The summed E-state index contributed by atoms with van der Waals surface area (Å²) in [7, 11) is -3.78. The Bertz CT molecular complexity index is 661. The van der Waals surface area contributed by atoms with E-state index in [4.69, 9.17) is 0 Å². The molecule has 1 aromatic carbocycles. The fraction of sp³-hybridized carbons (Fsp3) is 0.417. The van der Waals surface area contributed by atoms with Gasteiger partial charge < -0.3 is 5.32 Å². The molecule has 1 aromatic rings. The van der Waals surface area contributed by atoms with Gasteiger partial charge in [0.05, 0.1) is 4.90 Å². The Morgan fingerprint density at radius 2 is 1.86 bits per heavy atom. The number of carbonyl (C=O) groups excluding carboxylic acids is 1. The number of hydrogen-bond donors (Lipinski definition) is 1. The van der Waals surface area contributed by atoms with Crippen molar-refractivity contribution in [2.24, 2.45) is 0 Å². The fourth-order valence-electron chi connectivity index (χ4n) is 2.09. The van der Waals surface area contributed by atoms with Gasteiger partial charge in [0.25, 0.3) is 0 Å². The van der Waals surface area contributed by atoms with Crippen molar-refractivity contribution in [2.75, 3.05) is 13.1 Å². The topological polar surface area (TPSA) is 66.5 Å². The molecule has 122 valence electrons. The summed E-state index contributed by atoms with van der Waals surface area (Å²) in [6, 6.07) is 5.08. The number of amides is 1. The maximum atomic E-state index is 12.3. The van der Waals surface area contributed by atoms with Crippen LogP contribution in [0.25, 0.3) is 0 Å². The number of carbonyl (C=O) groups is 1. The lowest BCUT2D eigenvalue weighted by Gasteiger charge is -2.17. The molecule has 1 heterocycles. The minimum atomic E-state index is -4.97. The zero-order chi connectivity index (χ0) is 16.5. The molecule has 1 fully saturated rings. The average molecular weight is 401 g/mol. The lowest BCUT2D eigenvalue weighted by Crippen LogP contribution is -2.44. The fourth-order valence-corrected chi connectivity index (χ4v) is 3.85. The van der Waals surface area contributed by atoms with Crippen LogP contribution in [0.2, 0.25) is 0 Å². The third kappa shape index (κ3) is 3.79. The Morgan fingerprint density at radius 1 is 1.27 bits per heavy atom. The average Bonchev–Trinajstić information content (AvgIpc) is 2.87. The first-order valence-corrected chi connectivity index (χ1v) is 8.47. The lowest BCUT2D eigenvalue weighted by atomic mass is 10.2. The molecule has 5 nitrogen and oxygen atoms in total. The highest BCUT2D eigenvalue weighted by atomic mass is 79.9. The largest absolute Gasteiger partial charge is 0.471 e. The zero-order valence-electron chi connectivity index (χ0n) is 11.1. The van der Waals surface area contributed by atoms with E-state index < -0.39 is 28.1 Å². The second-order valence-corrected chi connectivity index (χ2v) is 7.63. The van der Waals surface area contributed by atoms with Gasteiger partial charge in [0.15, 0.2) is 0 Å². The number of nitrogens with one attached hydrogen (secondary N) is 1. The zero-order valence-corrected chi connectivity index (χ0v) is 13.5. The van der Waals surface area contributed by atoms with E-state index >= 15 is 0 Å². The highest BCUT2D eigenvalue weighted by Crippen LogP contribution is 2.23. The van der Waals surface area contributed by atoms with Crippen LogP contribution in [-0.2, 0) is 14.8 Å². The number of sulfonamides is 1. The molecule has 2 rings (SSSR count). The number of rotatable bonds is 3. The van der Waals surface area contributed by atoms with Crippen molar-refractivity contribution in [1.82, 2.24) is 9.62 Å². The van der Waals surface area contributed by atoms with Crippen molar-refractivity contribution in [3.63, 3.8) is 0 Å². The Kier molecular flexibility index (Phi) is 4.83. The summed E-state index contributed by atoms with van der Waals surface area (Å²) in [6.45, 7) is -0.124. The molecule has 22 heavy (non-hydrogen) atoms. The second kappa shape index (κ2) is 6.17. The number of benzene rings is 1. The van der Waals surface area contributed by atoms with E-state index in [-0.39, 0.29) is 24.4 Å². The van der Waals surface area contributed by atoms with Gasteiger partial charge in [-0.25, -0.2) is 8.42 Å². The summed E-state index contributed by atoms with van der Waals surface area (Å²) in [5, 5.41) is 1.80. The Hall–Kier alpha value is -1.13. The van der Waals surface area contributed by atoms with Gasteiger partial charge in [-0.1, -0.05) is 15.9 Å². The van der Waals surface area contributed by atoms with Gasteiger partial charge in [-0.2, -0.15) is 17.5 Å². The van der Waals surface area contributed by atoms with Crippen LogP contribution in [0.4, 0.5) is 13.2 Å². The standard InChI is InChI=1S/C12H12BrF3N2O3S/c13-8-1-3-10(4-2-8)22(20,21)18-6-5-9(7-18)17-11(19)12(14,15)16/h1-4,9H,5-7H2,(H,17,19). The van der Waals surface area contributed by atoms with E-state index in [0.717, 1.165) is 4.31 Å². The van der Waals surface area contributed by atoms with Crippen LogP contribution in [0.15, 0.2) is 33.6 Å². The highest BCUT2D eigenvalue weighted by Gasteiger charge is 2.41. The first-order valence-electron chi connectivity index (χ1n) is 6.24. The number of alkyl halides is 3. The molecule has 1 saturated heterocycles. The number of halogens is 4. The molecule has 1 unspecified atom stereocenters. The van der Waals surface area contributed by atoms with Gasteiger partial charge in [0, 0.05) is 23.6 Å². The minimum absolute atomic E-state index is 0.0542. The molecule has 0 spiro atoms. The first-order chi connectivity index (χ1) is 10.1. The molecule has 0 saturated carbocycles. The SMILES string of the molecule is O=C(NC1CCN(S(=O)(=O)c2ccc(Br)cc2)C1)C(F)(F)F. The summed E-state index contributed by atoms with van der Waals surface area (Å²) >= 11 is 3.19. The van der Waals surface area contributed by atoms with Crippen molar-refractivity contribution in [2.45, 2.75) is 23.5 Å². The smallest absolute Gasteiger partial charge is 0.344 e. The van der Waals surface area contributed by atoms with Crippen molar-refractivity contribution in [1.29, 1.82) is 0 Å². The first kappa shape index (κ1) is 17.2. The molecular weight excluding hydrogens is 389 g/mol.